The summed E-state index contributed by atoms with van der Waals surface area (Å²) in [7, 11) is 1.47. The molecule has 0 spiro atoms. The highest BCUT2D eigenvalue weighted by atomic mass is 79.9. The van der Waals surface area contributed by atoms with Crippen molar-refractivity contribution < 1.29 is 14.9 Å². The van der Waals surface area contributed by atoms with Crippen molar-refractivity contribution in [1.29, 1.82) is 0 Å². The van der Waals surface area contributed by atoms with Crippen LogP contribution in [-0.4, -0.2) is 23.9 Å². The molecule has 1 aromatic rings. The van der Waals surface area contributed by atoms with E-state index in [-0.39, 0.29) is 12.3 Å². The number of ether oxygens (including phenoxy) is 1. The standard InChI is InChI=1S/C11H16BrNO3/c1-3-6-4-8(16-2)11(15)9(10(6)12)7(14)5-13/h4,7,14-15H,3,5,13H2,1-2H3. The molecular weight excluding hydrogens is 274 g/mol. The molecule has 1 unspecified atom stereocenters. The van der Waals surface area contributed by atoms with E-state index in [0.29, 0.717) is 15.8 Å². The molecule has 0 aliphatic carbocycles. The van der Waals surface area contributed by atoms with E-state index in [4.69, 9.17) is 10.5 Å². The number of rotatable bonds is 4. The Kier molecular flexibility index (Phi) is 4.58. The molecule has 0 bridgehead atoms. The summed E-state index contributed by atoms with van der Waals surface area (Å²) in [6.07, 6.45) is -0.142. The Morgan fingerprint density at radius 3 is 2.62 bits per heavy atom. The first kappa shape index (κ1) is 13.3. The number of methoxy groups -OCH3 is 1. The van der Waals surface area contributed by atoms with Crippen molar-refractivity contribution in [3.8, 4) is 11.5 Å². The van der Waals surface area contributed by atoms with Gasteiger partial charge in [0.05, 0.1) is 13.2 Å². The van der Waals surface area contributed by atoms with Crippen LogP contribution in [0.2, 0.25) is 0 Å². The van der Waals surface area contributed by atoms with Crippen LogP contribution in [0.1, 0.15) is 24.2 Å². The second-order valence-corrected chi connectivity index (χ2v) is 4.21. The zero-order chi connectivity index (χ0) is 12.3. The Hall–Kier alpha value is -0.780. The molecule has 0 radical (unpaired) electrons. The Labute approximate surface area is 103 Å². The number of aryl methyl sites for hydroxylation is 1. The number of hydrogen-bond acceptors (Lipinski definition) is 4. The van der Waals surface area contributed by atoms with Crippen LogP contribution in [0.4, 0.5) is 0 Å². The maximum atomic E-state index is 9.92. The molecule has 1 rings (SSSR count). The molecule has 0 saturated carbocycles. The highest BCUT2D eigenvalue weighted by Gasteiger charge is 2.21. The van der Waals surface area contributed by atoms with Gasteiger partial charge in [-0.2, -0.15) is 0 Å². The number of aliphatic hydroxyl groups is 1. The largest absolute Gasteiger partial charge is 0.504 e. The van der Waals surface area contributed by atoms with E-state index >= 15 is 0 Å². The highest BCUT2D eigenvalue weighted by Crippen LogP contribution is 2.41. The highest BCUT2D eigenvalue weighted by molar-refractivity contribution is 9.10. The van der Waals surface area contributed by atoms with E-state index in [0.717, 1.165) is 12.0 Å². The summed E-state index contributed by atoms with van der Waals surface area (Å²) >= 11 is 3.37. The number of phenolic OH excluding ortho intramolecular Hbond substituents is 1. The monoisotopic (exact) mass is 289 g/mol. The zero-order valence-electron chi connectivity index (χ0n) is 9.33. The minimum absolute atomic E-state index is 0.0441. The molecule has 5 heteroatoms. The van der Waals surface area contributed by atoms with E-state index in [1.165, 1.54) is 7.11 Å². The average Bonchev–Trinajstić information content (AvgIpc) is 2.29. The smallest absolute Gasteiger partial charge is 0.164 e. The topological polar surface area (TPSA) is 75.7 Å². The van der Waals surface area contributed by atoms with Crippen LogP contribution in [0.25, 0.3) is 0 Å². The van der Waals surface area contributed by atoms with Crippen molar-refractivity contribution in [2.45, 2.75) is 19.4 Å². The maximum absolute atomic E-state index is 9.92. The molecule has 0 amide bonds. The zero-order valence-corrected chi connectivity index (χ0v) is 10.9. The molecule has 0 fully saturated rings. The van der Waals surface area contributed by atoms with Crippen molar-refractivity contribution in [2.75, 3.05) is 13.7 Å². The molecule has 16 heavy (non-hydrogen) atoms. The summed E-state index contributed by atoms with van der Waals surface area (Å²) < 4.78 is 5.74. The number of aromatic hydroxyl groups is 1. The lowest BCUT2D eigenvalue weighted by atomic mass is 10.0. The van der Waals surface area contributed by atoms with Crippen LogP contribution in [-0.2, 0) is 6.42 Å². The van der Waals surface area contributed by atoms with Crippen LogP contribution in [0.3, 0.4) is 0 Å². The van der Waals surface area contributed by atoms with Crippen molar-refractivity contribution in [3.05, 3.63) is 21.7 Å². The quantitative estimate of drug-likeness (QED) is 0.789. The fourth-order valence-electron chi connectivity index (χ4n) is 1.53. The second kappa shape index (κ2) is 5.52. The molecule has 1 atom stereocenters. The number of hydrogen-bond donors (Lipinski definition) is 3. The van der Waals surface area contributed by atoms with Gasteiger partial charge in [-0.05, 0) is 34.0 Å². The van der Waals surface area contributed by atoms with Crippen molar-refractivity contribution in [2.24, 2.45) is 5.73 Å². The maximum Gasteiger partial charge on any atom is 0.164 e. The van der Waals surface area contributed by atoms with E-state index < -0.39 is 6.10 Å². The Bertz CT molecular complexity index is 354. The van der Waals surface area contributed by atoms with E-state index in [9.17, 15) is 10.2 Å². The summed E-state index contributed by atoms with van der Waals surface area (Å²) in [5, 5.41) is 19.7. The predicted molar refractivity (Wildman–Crippen MR) is 65.8 cm³/mol. The van der Waals surface area contributed by atoms with Crippen LogP contribution >= 0.6 is 15.9 Å². The lowest BCUT2D eigenvalue weighted by molar-refractivity contribution is 0.180. The fraction of sp³-hybridized carbons (Fsp3) is 0.455. The first-order chi connectivity index (χ1) is 7.56. The van der Waals surface area contributed by atoms with Gasteiger partial charge in [0.1, 0.15) is 0 Å². The molecular formula is C11H16BrNO3. The van der Waals surface area contributed by atoms with E-state index in [1.54, 1.807) is 6.07 Å². The third-order valence-corrected chi connectivity index (χ3v) is 3.41. The molecule has 4 N–H and O–H groups in total. The average molecular weight is 290 g/mol. The molecule has 0 saturated heterocycles. The molecule has 0 aromatic heterocycles. The molecule has 1 aromatic carbocycles. The first-order valence-electron chi connectivity index (χ1n) is 5.03. The lowest BCUT2D eigenvalue weighted by Crippen LogP contribution is -2.13. The van der Waals surface area contributed by atoms with E-state index in [1.807, 2.05) is 6.92 Å². The Balaban J connectivity index is 3.43. The summed E-state index contributed by atoms with van der Waals surface area (Å²) in [4.78, 5) is 0. The van der Waals surface area contributed by atoms with Crippen molar-refractivity contribution >= 4 is 15.9 Å². The predicted octanol–water partition coefficient (Wildman–Crippen LogP) is 1.72. The molecule has 0 aliphatic heterocycles. The molecule has 0 aliphatic rings. The second-order valence-electron chi connectivity index (χ2n) is 3.42. The summed E-state index contributed by atoms with van der Waals surface area (Å²) in [5.41, 5.74) is 6.75. The van der Waals surface area contributed by atoms with Crippen LogP contribution in [0.5, 0.6) is 11.5 Å². The van der Waals surface area contributed by atoms with Crippen LogP contribution in [0, 0.1) is 0 Å². The summed E-state index contributed by atoms with van der Waals surface area (Å²) in [6, 6.07) is 1.74. The minimum atomic E-state index is -0.908. The minimum Gasteiger partial charge on any atom is -0.504 e. The number of phenols is 1. The normalized spacial score (nSPS) is 12.6. The van der Waals surface area contributed by atoms with Gasteiger partial charge in [-0.25, -0.2) is 0 Å². The number of nitrogens with two attached hydrogens (primary N) is 1. The van der Waals surface area contributed by atoms with Gasteiger partial charge < -0.3 is 20.7 Å². The van der Waals surface area contributed by atoms with Gasteiger partial charge in [-0.3, -0.25) is 0 Å². The van der Waals surface area contributed by atoms with Crippen LogP contribution < -0.4 is 10.5 Å². The lowest BCUT2D eigenvalue weighted by Gasteiger charge is -2.17. The van der Waals surface area contributed by atoms with Gasteiger partial charge in [-0.1, -0.05) is 6.92 Å². The summed E-state index contributed by atoms with van der Waals surface area (Å²) in [5.74, 6) is 0.284. The third-order valence-electron chi connectivity index (χ3n) is 2.47. The van der Waals surface area contributed by atoms with Gasteiger partial charge in [0.25, 0.3) is 0 Å². The van der Waals surface area contributed by atoms with E-state index in [2.05, 4.69) is 15.9 Å². The Morgan fingerprint density at radius 1 is 1.56 bits per heavy atom. The van der Waals surface area contributed by atoms with Gasteiger partial charge in [0.15, 0.2) is 11.5 Å². The molecule has 90 valence electrons. The first-order valence-corrected chi connectivity index (χ1v) is 5.82. The fourth-order valence-corrected chi connectivity index (χ4v) is 2.38. The SMILES string of the molecule is CCc1cc(OC)c(O)c(C(O)CN)c1Br. The molecule has 0 heterocycles. The van der Waals surface area contributed by atoms with Crippen molar-refractivity contribution in [3.63, 3.8) is 0 Å². The Morgan fingerprint density at radius 2 is 2.19 bits per heavy atom. The molecule has 4 nitrogen and oxygen atoms in total. The summed E-state index contributed by atoms with van der Waals surface area (Å²) in [6.45, 7) is 2.03. The number of halogens is 1. The van der Waals surface area contributed by atoms with Gasteiger partial charge in [0, 0.05) is 16.6 Å². The third kappa shape index (κ3) is 2.31. The van der Waals surface area contributed by atoms with Gasteiger partial charge in [-0.15, -0.1) is 0 Å². The van der Waals surface area contributed by atoms with Gasteiger partial charge in [0.2, 0.25) is 0 Å². The number of benzene rings is 1. The van der Waals surface area contributed by atoms with Crippen molar-refractivity contribution in [1.82, 2.24) is 0 Å². The number of aliphatic hydroxyl groups excluding tert-OH is 1. The van der Waals surface area contributed by atoms with Gasteiger partial charge >= 0.3 is 0 Å². The van der Waals surface area contributed by atoms with Crippen LogP contribution in [0.15, 0.2) is 10.5 Å².